The van der Waals surface area contributed by atoms with E-state index in [0.717, 1.165) is 24.1 Å². The summed E-state index contributed by atoms with van der Waals surface area (Å²) in [5, 5.41) is 3.18. The molecule has 7 nitrogen and oxygen atoms in total. The number of hydrogen-bond donors (Lipinski definition) is 1. The molecule has 2 heterocycles. The van der Waals surface area contributed by atoms with Crippen molar-refractivity contribution < 1.29 is 22.7 Å². The number of rotatable bonds is 7. The molecule has 0 radical (unpaired) electrons. The van der Waals surface area contributed by atoms with Crippen molar-refractivity contribution >= 4 is 38.2 Å². The van der Waals surface area contributed by atoms with Gasteiger partial charge in [-0.2, -0.15) is 4.31 Å². The largest absolute Gasteiger partial charge is 0.462 e. The summed E-state index contributed by atoms with van der Waals surface area (Å²) in [5.74, 6) is -0.893. The van der Waals surface area contributed by atoms with E-state index in [-0.39, 0.29) is 11.5 Å². The summed E-state index contributed by atoms with van der Waals surface area (Å²) in [7, 11) is -3.52. The number of thiophene rings is 1. The van der Waals surface area contributed by atoms with Crippen molar-refractivity contribution in [2.24, 2.45) is 0 Å². The Labute approximate surface area is 174 Å². The van der Waals surface area contributed by atoms with Crippen molar-refractivity contribution in [1.82, 2.24) is 4.31 Å². The second kappa shape index (κ2) is 9.06. The van der Waals surface area contributed by atoms with E-state index in [2.05, 4.69) is 5.32 Å². The van der Waals surface area contributed by atoms with Gasteiger partial charge in [0, 0.05) is 23.5 Å². The first-order valence-electron chi connectivity index (χ1n) is 9.58. The van der Waals surface area contributed by atoms with Crippen LogP contribution in [0.3, 0.4) is 0 Å². The maximum absolute atomic E-state index is 12.6. The van der Waals surface area contributed by atoms with Crippen LogP contribution in [0.25, 0.3) is 0 Å². The molecule has 9 heteroatoms. The summed E-state index contributed by atoms with van der Waals surface area (Å²) in [6.45, 7) is 4.99. The van der Waals surface area contributed by atoms with Crippen LogP contribution in [-0.4, -0.2) is 44.3 Å². The van der Waals surface area contributed by atoms with Crippen LogP contribution in [-0.2, 0) is 21.2 Å². The zero-order valence-corrected chi connectivity index (χ0v) is 18.1. The molecule has 1 aromatic heterocycles. The summed E-state index contributed by atoms with van der Waals surface area (Å²) in [6.07, 6.45) is 2.46. The van der Waals surface area contributed by atoms with Crippen molar-refractivity contribution in [2.75, 3.05) is 25.0 Å². The number of carbonyl (C=O) groups excluding carboxylic acids is 2. The molecule has 1 amide bonds. The fraction of sp³-hybridized carbons (Fsp3) is 0.400. The molecule has 1 N–H and O–H groups in total. The van der Waals surface area contributed by atoms with E-state index in [9.17, 15) is 18.0 Å². The van der Waals surface area contributed by atoms with Crippen LogP contribution in [0.15, 0.2) is 35.2 Å². The molecule has 1 aromatic carbocycles. The molecule has 29 heavy (non-hydrogen) atoms. The average molecular weight is 437 g/mol. The molecule has 1 aliphatic heterocycles. The van der Waals surface area contributed by atoms with Gasteiger partial charge in [-0.25, -0.2) is 13.2 Å². The number of hydrogen-bond acceptors (Lipinski definition) is 6. The number of aryl methyl sites for hydroxylation is 1. The lowest BCUT2D eigenvalue weighted by molar-refractivity contribution is 0.0528. The first kappa shape index (κ1) is 21.5. The van der Waals surface area contributed by atoms with Gasteiger partial charge in [0.2, 0.25) is 10.0 Å². The average Bonchev–Trinajstić information content (AvgIpc) is 3.38. The Kier molecular flexibility index (Phi) is 6.71. The number of nitrogens with zero attached hydrogens (tertiary/aromatic N) is 1. The standard InChI is InChI=1S/C20H24N2O5S2/c1-3-15-13-17(20(24)27-4-2)19(28-15)21-18(23)14-7-9-16(10-8-14)29(25,26)22-11-5-6-12-22/h7-10,13H,3-6,11-12H2,1-2H3,(H,21,23). The van der Waals surface area contributed by atoms with E-state index in [1.807, 2.05) is 6.92 Å². The minimum atomic E-state index is -3.52. The smallest absolute Gasteiger partial charge is 0.341 e. The van der Waals surface area contributed by atoms with Crippen LogP contribution < -0.4 is 5.32 Å². The Morgan fingerprint density at radius 3 is 2.38 bits per heavy atom. The number of ether oxygens (including phenoxy) is 1. The highest BCUT2D eigenvalue weighted by molar-refractivity contribution is 7.89. The third kappa shape index (κ3) is 4.68. The topological polar surface area (TPSA) is 92.8 Å². The van der Waals surface area contributed by atoms with Crippen LogP contribution in [0.4, 0.5) is 5.00 Å². The van der Waals surface area contributed by atoms with Gasteiger partial charge in [0.25, 0.3) is 5.91 Å². The predicted octanol–water partition coefficient (Wildman–Crippen LogP) is 3.52. The van der Waals surface area contributed by atoms with Crippen LogP contribution in [0, 0.1) is 0 Å². The molecule has 1 aliphatic rings. The van der Waals surface area contributed by atoms with E-state index < -0.39 is 21.9 Å². The highest BCUT2D eigenvalue weighted by atomic mass is 32.2. The molecule has 0 atom stereocenters. The van der Waals surface area contributed by atoms with Crippen molar-refractivity contribution in [1.29, 1.82) is 0 Å². The maximum Gasteiger partial charge on any atom is 0.341 e. The van der Waals surface area contributed by atoms with Gasteiger partial charge in [-0.1, -0.05) is 6.92 Å². The van der Waals surface area contributed by atoms with Crippen molar-refractivity contribution in [2.45, 2.75) is 38.0 Å². The van der Waals surface area contributed by atoms with Gasteiger partial charge in [0.05, 0.1) is 17.1 Å². The summed E-state index contributed by atoms with van der Waals surface area (Å²) in [5.41, 5.74) is 0.641. The molecular formula is C20H24N2O5S2. The molecule has 1 fully saturated rings. The lowest BCUT2D eigenvalue weighted by atomic mass is 10.2. The van der Waals surface area contributed by atoms with Crippen LogP contribution in [0.5, 0.6) is 0 Å². The van der Waals surface area contributed by atoms with Gasteiger partial charge < -0.3 is 10.1 Å². The lowest BCUT2D eigenvalue weighted by Gasteiger charge is -2.15. The molecule has 0 saturated carbocycles. The van der Waals surface area contributed by atoms with Gasteiger partial charge in [0.15, 0.2) is 0 Å². The lowest BCUT2D eigenvalue weighted by Crippen LogP contribution is -2.27. The fourth-order valence-electron chi connectivity index (χ4n) is 3.10. The summed E-state index contributed by atoms with van der Waals surface area (Å²) in [6, 6.07) is 7.58. The predicted molar refractivity (Wildman–Crippen MR) is 112 cm³/mol. The van der Waals surface area contributed by atoms with Crippen LogP contribution >= 0.6 is 11.3 Å². The van der Waals surface area contributed by atoms with Crippen LogP contribution in [0.2, 0.25) is 0 Å². The highest BCUT2D eigenvalue weighted by Gasteiger charge is 2.27. The second-order valence-electron chi connectivity index (χ2n) is 6.62. The summed E-state index contributed by atoms with van der Waals surface area (Å²) in [4.78, 5) is 25.9. The van der Waals surface area contributed by atoms with Gasteiger partial charge in [-0.3, -0.25) is 4.79 Å². The Morgan fingerprint density at radius 1 is 1.14 bits per heavy atom. The molecule has 0 bridgehead atoms. The number of anilines is 1. The summed E-state index contributed by atoms with van der Waals surface area (Å²) < 4.78 is 31.7. The van der Waals surface area contributed by atoms with E-state index in [1.54, 1.807) is 13.0 Å². The number of sulfonamides is 1. The third-order valence-electron chi connectivity index (χ3n) is 4.67. The van der Waals surface area contributed by atoms with E-state index in [0.29, 0.717) is 29.2 Å². The fourth-order valence-corrected chi connectivity index (χ4v) is 5.60. The van der Waals surface area contributed by atoms with Gasteiger partial charge in [-0.05, 0) is 56.5 Å². The number of esters is 1. The molecule has 3 rings (SSSR count). The normalized spacial score (nSPS) is 14.7. The number of nitrogens with one attached hydrogen (secondary N) is 1. The third-order valence-corrected chi connectivity index (χ3v) is 7.78. The van der Waals surface area contributed by atoms with Gasteiger partial charge >= 0.3 is 5.97 Å². The van der Waals surface area contributed by atoms with E-state index in [1.165, 1.54) is 39.9 Å². The molecule has 1 saturated heterocycles. The Bertz CT molecular complexity index is 990. The second-order valence-corrected chi connectivity index (χ2v) is 9.69. The van der Waals surface area contributed by atoms with Gasteiger partial charge in [-0.15, -0.1) is 11.3 Å². The Morgan fingerprint density at radius 2 is 1.79 bits per heavy atom. The Hall–Kier alpha value is -2.23. The molecule has 2 aromatic rings. The van der Waals surface area contributed by atoms with E-state index >= 15 is 0 Å². The minimum Gasteiger partial charge on any atom is -0.462 e. The zero-order valence-electron chi connectivity index (χ0n) is 16.4. The van der Waals surface area contributed by atoms with E-state index in [4.69, 9.17) is 4.74 Å². The SMILES string of the molecule is CCOC(=O)c1cc(CC)sc1NC(=O)c1ccc(S(=O)(=O)N2CCCC2)cc1. The highest BCUT2D eigenvalue weighted by Crippen LogP contribution is 2.30. The van der Waals surface area contributed by atoms with Crippen molar-refractivity contribution in [3.8, 4) is 0 Å². The first-order valence-corrected chi connectivity index (χ1v) is 11.8. The van der Waals surface area contributed by atoms with Crippen molar-refractivity contribution in [3.63, 3.8) is 0 Å². The monoisotopic (exact) mass is 436 g/mol. The van der Waals surface area contributed by atoms with Crippen molar-refractivity contribution in [3.05, 3.63) is 46.3 Å². The number of carbonyl (C=O) groups is 2. The Balaban J connectivity index is 1.78. The van der Waals surface area contributed by atoms with Gasteiger partial charge in [0.1, 0.15) is 5.00 Å². The zero-order chi connectivity index (χ0) is 21.0. The first-order chi connectivity index (χ1) is 13.9. The molecule has 0 unspecified atom stereocenters. The molecular weight excluding hydrogens is 412 g/mol. The molecule has 156 valence electrons. The molecule has 0 spiro atoms. The maximum atomic E-state index is 12.6. The number of amides is 1. The minimum absolute atomic E-state index is 0.174. The summed E-state index contributed by atoms with van der Waals surface area (Å²) >= 11 is 1.33. The number of benzene rings is 1. The molecule has 0 aliphatic carbocycles. The quantitative estimate of drug-likeness (QED) is 0.671. The van der Waals surface area contributed by atoms with Crippen LogP contribution in [0.1, 0.15) is 52.3 Å².